The molecule has 0 aliphatic rings. The highest BCUT2D eigenvalue weighted by Gasteiger charge is 2.00. The van der Waals surface area contributed by atoms with Crippen LogP contribution in [-0.2, 0) is 9.47 Å². The van der Waals surface area contributed by atoms with Gasteiger partial charge in [-0.1, -0.05) is 26.0 Å². The molecule has 0 heterocycles. The summed E-state index contributed by atoms with van der Waals surface area (Å²) in [5, 5.41) is 0. The fraction of sp³-hybridized carbons (Fsp3) is 0.500. The van der Waals surface area contributed by atoms with Gasteiger partial charge in [0.2, 0.25) is 0 Å². The first-order valence-electron chi connectivity index (χ1n) is 5.03. The van der Waals surface area contributed by atoms with Crippen molar-refractivity contribution in [2.45, 2.75) is 19.8 Å². The van der Waals surface area contributed by atoms with Crippen molar-refractivity contribution in [3.8, 4) is 5.75 Å². The Kier molecular flexibility index (Phi) is 5.15. The highest BCUT2D eigenvalue weighted by molar-refractivity contribution is 5.30. The third-order valence-corrected chi connectivity index (χ3v) is 2.03. The summed E-state index contributed by atoms with van der Waals surface area (Å²) in [5.74, 6) is 1.34. The Bertz CT molecular complexity index is 284. The van der Waals surface area contributed by atoms with Crippen LogP contribution in [0.2, 0.25) is 0 Å². The summed E-state index contributed by atoms with van der Waals surface area (Å²) in [6.07, 6.45) is 0. The van der Waals surface area contributed by atoms with Gasteiger partial charge in [0.25, 0.3) is 0 Å². The number of rotatable bonds is 6. The molecule has 0 aliphatic carbocycles. The van der Waals surface area contributed by atoms with Gasteiger partial charge in [-0.2, -0.15) is 0 Å². The van der Waals surface area contributed by atoms with E-state index in [4.69, 9.17) is 14.2 Å². The topological polar surface area (TPSA) is 27.7 Å². The number of hydrogen-bond acceptors (Lipinski definition) is 3. The van der Waals surface area contributed by atoms with E-state index in [-0.39, 0.29) is 13.6 Å². The molecule has 0 atom stereocenters. The lowest BCUT2D eigenvalue weighted by molar-refractivity contribution is -0.0835. The van der Waals surface area contributed by atoms with Crippen molar-refractivity contribution in [1.29, 1.82) is 0 Å². The monoisotopic (exact) mass is 210 g/mol. The van der Waals surface area contributed by atoms with Gasteiger partial charge in [-0.3, -0.25) is 0 Å². The molecule has 0 unspecified atom stereocenters. The SMILES string of the molecule is COCOCOc1cccc(C(C)C)c1. The number of benzene rings is 1. The molecule has 1 rings (SSSR count). The van der Waals surface area contributed by atoms with E-state index < -0.39 is 0 Å². The molecule has 0 aliphatic heterocycles. The van der Waals surface area contributed by atoms with Crippen molar-refractivity contribution in [2.24, 2.45) is 0 Å². The number of ether oxygens (including phenoxy) is 3. The van der Waals surface area contributed by atoms with Gasteiger partial charge in [0, 0.05) is 7.11 Å². The normalized spacial score (nSPS) is 10.7. The zero-order chi connectivity index (χ0) is 11.1. The number of methoxy groups -OCH3 is 1. The third kappa shape index (κ3) is 4.32. The maximum atomic E-state index is 5.40. The van der Waals surface area contributed by atoms with Crippen molar-refractivity contribution in [2.75, 3.05) is 20.7 Å². The minimum atomic E-state index is 0.218. The average Bonchev–Trinajstić information content (AvgIpc) is 2.25. The Morgan fingerprint density at radius 2 is 2.00 bits per heavy atom. The molecule has 0 spiro atoms. The second-order valence-corrected chi connectivity index (χ2v) is 3.60. The van der Waals surface area contributed by atoms with Crippen LogP contribution in [0, 0.1) is 0 Å². The molecule has 0 N–H and O–H groups in total. The van der Waals surface area contributed by atoms with Crippen LogP contribution in [0.15, 0.2) is 24.3 Å². The lowest BCUT2D eigenvalue weighted by Crippen LogP contribution is -2.05. The molecule has 1 aromatic rings. The lowest BCUT2D eigenvalue weighted by Gasteiger charge is -2.09. The first-order chi connectivity index (χ1) is 7.24. The lowest BCUT2D eigenvalue weighted by atomic mass is 10.0. The maximum absolute atomic E-state index is 5.40. The minimum absolute atomic E-state index is 0.218. The quantitative estimate of drug-likeness (QED) is 0.533. The molecular weight excluding hydrogens is 192 g/mol. The first kappa shape index (κ1) is 12.0. The van der Waals surface area contributed by atoms with Gasteiger partial charge in [-0.05, 0) is 23.6 Å². The van der Waals surface area contributed by atoms with E-state index in [9.17, 15) is 0 Å². The zero-order valence-corrected chi connectivity index (χ0v) is 9.53. The van der Waals surface area contributed by atoms with Gasteiger partial charge in [0.15, 0.2) is 6.79 Å². The summed E-state index contributed by atoms with van der Waals surface area (Å²) in [4.78, 5) is 0. The van der Waals surface area contributed by atoms with Crippen LogP contribution in [0.5, 0.6) is 5.75 Å². The molecule has 1 aromatic carbocycles. The number of hydrogen-bond donors (Lipinski definition) is 0. The van der Waals surface area contributed by atoms with E-state index in [0.717, 1.165) is 5.75 Å². The molecule has 15 heavy (non-hydrogen) atoms. The summed E-state index contributed by atoms with van der Waals surface area (Å²) < 4.78 is 15.2. The van der Waals surface area contributed by atoms with Gasteiger partial charge >= 0.3 is 0 Å². The Balaban J connectivity index is 2.43. The van der Waals surface area contributed by atoms with E-state index in [0.29, 0.717) is 5.92 Å². The predicted molar refractivity (Wildman–Crippen MR) is 59.0 cm³/mol. The van der Waals surface area contributed by atoms with Crippen LogP contribution in [-0.4, -0.2) is 20.7 Å². The third-order valence-electron chi connectivity index (χ3n) is 2.03. The van der Waals surface area contributed by atoms with Crippen molar-refractivity contribution in [3.05, 3.63) is 29.8 Å². The van der Waals surface area contributed by atoms with Gasteiger partial charge < -0.3 is 14.2 Å². The Hall–Kier alpha value is -1.06. The van der Waals surface area contributed by atoms with Crippen LogP contribution < -0.4 is 4.74 Å². The van der Waals surface area contributed by atoms with Crippen molar-refractivity contribution < 1.29 is 14.2 Å². The molecule has 0 aromatic heterocycles. The van der Waals surface area contributed by atoms with Crippen molar-refractivity contribution in [3.63, 3.8) is 0 Å². The van der Waals surface area contributed by atoms with E-state index >= 15 is 0 Å². The minimum Gasteiger partial charge on any atom is -0.467 e. The van der Waals surface area contributed by atoms with Crippen LogP contribution in [0.3, 0.4) is 0 Å². The molecule has 0 radical (unpaired) electrons. The summed E-state index contributed by atoms with van der Waals surface area (Å²) in [7, 11) is 1.58. The second-order valence-electron chi connectivity index (χ2n) is 3.60. The fourth-order valence-corrected chi connectivity index (χ4v) is 1.19. The van der Waals surface area contributed by atoms with Crippen molar-refractivity contribution >= 4 is 0 Å². The fourth-order valence-electron chi connectivity index (χ4n) is 1.19. The molecular formula is C12H18O3. The van der Waals surface area contributed by atoms with Crippen LogP contribution in [0.4, 0.5) is 0 Å². The molecule has 3 nitrogen and oxygen atoms in total. The molecule has 0 bridgehead atoms. The van der Waals surface area contributed by atoms with Gasteiger partial charge in [-0.25, -0.2) is 0 Å². The van der Waals surface area contributed by atoms with Gasteiger partial charge in [-0.15, -0.1) is 0 Å². The van der Waals surface area contributed by atoms with E-state index in [1.807, 2.05) is 18.2 Å². The molecule has 0 saturated carbocycles. The smallest absolute Gasteiger partial charge is 0.191 e. The summed E-state index contributed by atoms with van der Waals surface area (Å²) in [6.45, 7) is 4.78. The summed E-state index contributed by atoms with van der Waals surface area (Å²) in [6, 6.07) is 8.03. The highest BCUT2D eigenvalue weighted by Crippen LogP contribution is 2.19. The van der Waals surface area contributed by atoms with Crippen LogP contribution >= 0.6 is 0 Å². The van der Waals surface area contributed by atoms with Crippen LogP contribution in [0.25, 0.3) is 0 Å². The Morgan fingerprint density at radius 1 is 1.20 bits per heavy atom. The van der Waals surface area contributed by atoms with Gasteiger partial charge in [0.05, 0.1) is 0 Å². The first-order valence-corrected chi connectivity index (χ1v) is 5.03. The van der Waals surface area contributed by atoms with Crippen molar-refractivity contribution in [1.82, 2.24) is 0 Å². The Labute approximate surface area is 91.0 Å². The van der Waals surface area contributed by atoms with E-state index in [1.165, 1.54) is 5.56 Å². The van der Waals surface area contributed by atoms with E-state index in [2.05, 4.69) is 19.9 Å². The molecule has 0 saturated heterocycles. The zero-order valence-electron chi connectivity index (χ0n) is 9.53. The van der Waals surface area contributed by atoms with Crippen LogP contribution in [0.1, 0.15) is 25.3 Å². The summed E-state index contributed by atoms with van der Waals surface area (Å²) in [5.41, 5.74) is 1.26. The standard InChI is InChI=1S/C12H18O3/c1-10(2)11-5-4-6-12(7-11)15-9-14-8-13-3/h4-7,10H,8-9H2,1-3H3. The largest absolute Gasteiger partial charge is 0.467 e. The maximum Gasteiger partial charge on any atom is 0.191 e. The molecule has 84 valence electrons. The predicted octanol–water partition coefficient (Wildman–Crippen LogP) is 2.77. The average molecular weight is 210 g/mol. The second kappa shape index (κ2) is 6.43. The molecule has 3 heteroatoms. The highest BCUT2D eigenvalue weighted by atomic mass is 16.7. The molecule has 0 amide bonds. The van der Waals surface area contributed by atoms with E-state index in [1.54, 1.807) is 7.11 Å². The van der Waals surface area contributed by atoms with Gasteiger partial charge in [0.1, 0.15) is 12.5 Å². The molecule has 0 fully saturated rings. The Morgan fingerprint density at radius 3 is 2.67 bits per heavy atom. The summed E-state index contributed by atoms with van der Waals surface area (Å²) >= 11 is 0.